The smallest absolute Gasteiger partial charge is 0.350 e. The van der Waals surface area contributed by atoms with Crippen molar-refractivity contribution >= 4 is 23.2 Å². The zero-order valence-corrected chi connectivity index (χ0v) is 11.6. The third kappa shape index (κ3) is 3.77. The summed E-state index contributed by atoms with van der Waals surface area (Å²) in [5, 5.41) is 0. The maximum atomic E-state index is 12.1. The van der Waals surface area contributed by atoms with Gasteiger partial charge in [0.05, 0.1) is 11.4 Å². The Balaban J connectivity index is 2.80. The van der Waals surface area contributed by atoms with Crippen molar-refractivity contribution in [3.8, 4) is 0 Å². The van der Waals surface area contributed by atoms with E-state index in [1.54, 1.807) is 6.92 Å². The molecule has 18 heavy (non-hydrogen) atoms. The summed E-state index contributed by atoms with van der Waals surface area (Å²) in [5.41, 5.74) is 0.907. The number of ether oxygens (including phenoxy) is 1. The summed E-state index contributed by atoms with van der Waals surface area (Å²) in [6, 6.07) is 9.42. The molecule has 0 fully saturated rings. The summed E-state index contributed by atoms with van der Waals surface area (Å²) < 4.78 is 19.9. The molecule has 0 heterocycles. The Bertz CT molecular complexity index is 455. The van der Waals surface area contributed by atoms with Gasteiger partial charge in [-0.3, -0.25) is 0 Å². The molecule has 0 saturated heterocycles. The zero-order valence-electron chi connectivity index (χ0n) is 10.8. The molecular weight excluding hydrogens is 250 g/mol. The molecule has 5 heteroatoms. The number of carbonyl (C=O) groups excluding carboxylic acids is 1. The van der Waals surface area contributed by atoms with Gasteiger partial charge < -0.3 is 4.74 Å². The van der Waals surface area contributed by atoms with Crippen molar-refractivity contribution in [3.05, 3.63) is 35.9 Å². The first-order valence-corrected chi connectivity index (χ1v) is 6.77. The zero-order chi connectivity index (χ0) is 13.6. The summed E-state index contributed by atoms with van der Waals surface area (Å²) >= 11 is 0. The van der Waals surface area contributed by atoms with E-state index < -0.39 is 21.7 Å². The van der Waals surface area contributed by atoms with Gasteiger partial charge in [0.25, 0.3) is 0 Å². The van der Waals surface area contributed by atoms with Gasteiger partial charge in [0.15, 0.2) is 0 Å². The van der Waals surface area contributed by atoms with Crippen molar-refractivity contribution in [2.75, 3.05) is 6.61 Å². The SMILES string of the molecule is CCOC(=O)/C=N/[S@](=O)C(C)(C)c1ccccc1. The topological polar surface area (TPSA) is 55.7 Å². The van der Waals surface area contributed by atoms with E-state index in [4.69, 9.17) is 0 Å². The average Bonchev–Trinajstić information content (AvgIpc) is 2.37. The van der Waals surface area contributed by atoms with Gasteiger partial charge in [-0.05, 0) is 26.3 Å². The Morgan fingerprint density at radius 3 is 2.56 bits per heavy atom. The summed E-state index contributed by atoms with van der Waals surface area (Å²) in [6.07, 6.45) is 0.976. The molecule has 4 nitrogen and oxygen atoms in total. The Hall–Kier alpha value is -1.49. The summed E-state index contributed by atoms with van der Waals surface area (Å²) in [6.45, 7) is 5.62. The summed E-state index contributed by atoms with van der Waals surface area (Å²) in [7, 11) is -1.54. The van der Waals surface area contributed by atoms with E-state index >= 15 is 0 Å². The predicted molar refractivity (Wildman–Crippen MR) is 72.7 cm³/mol. The highest BCUT2D eigenvalue weighted by Gasteiger charge is 2.27. The number of rotatable bonds is 5. The maximum Gasteiger partial charge on any atom is 0.350 e. The van der Waals surface area contributed by atoms with Crippen LogP contribution in [0.1, 0.15) is 26.3 Å². The van der Waals surface area contributed by atoms with Crippen LogP contribution >= 0.6 is 0 Å². The van der Waals surface area contributed by atoms with E-state index in [9.17, 15) is 9.00 Å². The van der Waals surface area contributed by atoms with Crippen molar-refractivity contribution in [1.82, 2.24) is 0 Å². The number of nitrogens with zero attached hydrogens (tertiary/aromatic N) is 1. The predicted octanol–water partition coefficient (Wildman–Crippen LogP) is 2.22. The first-order chi connectivity index (χ1) is 8.48. The lowest BCUT2D eigenvalue weighted by Gasteiger charge is -2.21. The standard InChI is InChI=1S/C13H17NO3S/c1-4-17-12(15)10-14-18(16)13(2,3)11-8-6-5-7-9-11/h5-10H,4H2,1-3H3/b14-10+/t18-/m1/s1. The fourth-order valence-corrected chi connectivity index (χ4v) is 2.13. The Labute approximate surface area is 110 Å². The van der Waals surface area contributed by atoms with E-state index in [2.05, 4.69) is 9.13 Å². The number of carbonyl (C=O) groups is 1. The highest BCUT2D eigenvalue weighted by Crippen LogP contribution is 2.27. The fourth-order valence-electron chi connectivity index (χ4n) is 1.34. The lowest BCUT2D eigenvalue weighted by Crippen LogP contribution is -2.22. The van der Waals surface area contributed by atoms with Gasteiger partial charge >= 0.3 is 5.97 Å². The van der Waals surface area contributed by atoms with Gasteiger partial charge in [0.1, 0.15) is 17.2 Å². The molecule has 0 saturated carbocycles. The molecule has 1 aromatic carbocycles. The molecule has 0 spiro atoms. The van der Waals surface area contributed by atoms with Gasteiger partial charge in [-0.1, -0.05) is 30.3 Å². The molecule has 0 N–H and O–H groups in total. The normalized spacial score (nSPS) is 13.5. The minimum atomic E-state index is -1.54. The molecule has 1 rings (SSSR count). The minimum absolute atomic E-state index is 0.277. The minimum Gasteiger partial charge on any atom is -0.462 e. The van der Waals surface area contributed by atoms with Crippen molar-refractivity contribution in [3.63, 3.8) is 0 Å². The van der Waals surface area contributed by atoms with Crippen LogP contribution in [0.3, 0.4) is 0 Å². The molecule has 98 valence electrons. The van der Waals surface area contributed by atoms with Gasteiger partial charge in [-0.25, -0.2) is 9.00 Å². The summed E-state index contributed by atoms with van der Waals surface area (Å²) in [4.78, 5) is 11.1. The third-order valence-corrected chi connectivity index (χ3v) is 3.85. The lowest BCUT2D eigenvalue weighted by molar-refractivity contribution is -0.134. The molecule has 0 aliphatic heterocycles. The molecule has 0 aliphatic rings. The monoisotopic (exact) mass is 267 g/mol. The number of benzene rings is 1. The molecule has 0 bridgehead atoms. The molecule has 0 unspecified atom stereocenters. The van der Waals surface area contributed by atoms with Crippen molar-refractivity contribution < 1.29 is 13.7 Å². The van der Waals surface area contributed by atoms with Crippen molar-refractivity contribution in [1.29, 1.82) is 0 Å². The van der Waals surface area contributed by atoms with E-state index in [1.807, 2.05) is 44.2 Å². The van der Waals surface area contributed by atoms with E-state index in [0.29, 0.717) is 0 Å². The number of hydrogen-bond donors (Lipinski definition) is 0. The van der Waals surface area contributed by atoms with Crippen LogP contribution in [0, 0.1) is 0 Å². The largest absolute Gasteiger partial charge is 0.462 e. The van der Waals surface area contributed by atoms with Crippen LogP contribution in [0.2, 0.25) is 0 Å². The third-order valence-electron chi connectivity index (χ3n) is 2.45. The number of esters is 1. The van der Waals surface area contributed by atoms with E-state index in [1.165, 1.54) is 0 Å². The Morgan fingerprint density at radius 1 is 1.39 bits per heavy atom. The second-order valence-corrected chi connectivity index (χ2v) is 5.84. The van der Waals surface area contributed by atoms with Crippen LogP contribution in [0.5, 0.6) is 0 Å². The molecule has 0 amide bonds. The lowest BCUT2D eigenvalue weighted by atomic mass is 10.0. The second kappa shape index (κ2) is 6.44. The van der Waals surface area contributed by atoms with Crippen LogP contribution in [0.15, 0.2) is 34.7 Å². The van der Waals surface area contributed by atoms with E-state index in [-0.39, 0.29) is 6.61 Å². The van der Waals surface area contributed by atoms with Crippen molar-refractivity contribution in [2.24, 2.45) is 4.40 Å². The maximum absolute atomic E-state index is 12.1. The van der Waals surface area contributed by atoms with E-state index in [0.717, 1.165) is 11.8 Å². The van der Waals surface area contributed by atoms with Gasteiger partial charge in [-0.15, -0.1) is 0 Å². The fraction of sp³-hybridized carbons (Fsp3) is 0.385. The Morgan fingerprint density at radius 2 is 2.00 bits per heavy atom. The van der Waals surface area contributed by atoms with Gasteiger partial charge in [-0.2, -0.15) is 4.40 Å². The molecule has 0 aliphatic carbocycles. The highest BCUT2D eigenvalue weighted by molar-refractivity contribution is 7.84. The second-order valence-electron chi connectivity index (χ2n) is 4.11. The molecule has 0 radical (unpaired) electrons. The van der Waals surface area contributed by atoms with Crippen LogP contribution in [0.4, 0.5) is 0 Å². The molecule has 0 aromatic heterocycles. The average molecular weight is 267 g/mol. The van der Waals surface area contributed by atoms with Crippen LogP contribution in [-0.4, -0.2) is 23.0 Å². The first kappa shape index (κ1) is 14.6. The van der Waals surface area contributed by atoms with Crippen LogP contribution in [0.25, 0.3) is 0 Å². The highest BCUT2D eigenvalue weighted by atomic mass is 32.2. The summed E-state index contributed by atoms with van der Waals surface area (Å²) in [5.74, 6) is -0.574. The molecule has 1 aromatic rings. The van der Waals surface area contributed by atoms with Gasteiger partial charge in [0.2, 0.25) is 0 Å². The number of hydrogen-bond acceptors (Lipinski definition) is 3. The van der Waals surface area contributed by atoms with Gasteiger partial charge in [0, 0.05) is 0 Å². The van der Waals surface area contributed by atoms with Crippen molar-refractivity contribution in [2.45, 2.75) is 25.5 Å². The quantitative estimate of drug-likeness (QED) is 0.607. The Kier molecular flexibility index (Phi) is 5.22. The molecular formula is C13H17NO3S. The van der Waals surface area contributed by atoms with Crippen LogP contribution in [-0.2, 0) is 25.3 Å². The first-order valence-electron chi connectivity index (χ1n) is 5.66. The molecule has 1 atom stereocenters. The van der Waals surface area contributed by atoms with Crippen LogP contribution < -0.4 is 0 Å².